The SMILES string of the molecule is O=C1c2ccccc2C(=O)N1CCC[C@@H]1CCC[C@@H]1O. The fourth-order valence-corrected chi connectivity index (χ4v) is 3.31. The molecular weight excluding hydrogens is 254 g/mol. The average Bonchev–Trinajstić information content (AvgIpc) is 2.97. The van der Waals surface area contributed by atoms with Crippen molar-refractivity contribution in [2.24, 2.45) is 5.92 Å². The van der Waals surface area contributed by atoms with Crippen molar-refractivity contribution >= 4 is 11.8 Å². The summed E-state index contributed by atoms with van der Waals surface area (Å²) in [6.07, 6.45) is 4.49. The Hall–Kier alpha value is -1.68. The highest BCUT2D eigenvalue weighted by atomic mass is 16.3. The third-order valence-corrected chi connectivity index (χ3v) is 4.45. The summed E-state index contributed by atoms with van der Waals surface area (Å²) in [5.74, 6) is -0.0275. The molecule has 4 nitrogen and oxygen atoms in total. The van der Waals surface area contributed by atoms with Crippen LogP contribution in [0.25, 0.3) is 0 Å². The summed E-state index contributed by atoms with van der Waals surface area (Å²) in [6.45, 7) is 0.454. The Morgan fingerprint density at radius 2 is 1.75 bits per heavy atom. The zero-order valence-corrected chi connectivity index (χ0v) is 11.4. The molecule has 2 amide bonds. The summed E-state index contributed by atoms with van der Waals surface area (Å²) in [4.78, 5) is 25.6. The summed E-state index contributed by atoms with van der Waals surface area (Å²) in [5.41, 5.74) is 1.02. The van der Waals surface area contributed by atoms with Crippen molar-refractivity contribution in [1.82, 2.24) is 4.90 Å². The number of aliphatic hydroxyl groups is 1. The number of imide groups is 1. The van der Waals surface area contributed by atoms with E-state index >= 15 is 0 Å². The van der Waals surface area contributed by atoms with E-state index < -0.39 is 0 Å². The van der Waals surface area contributed by atoms with Crippen LogP contribution in [0.4, 0.5) is 0 Å². The van der Waals surface area contributed by atoms with E-state index in [1.807, 2.05) is 0 Å². The Kier molecular flexibility index (Phi) is 3.57. The first-order chi connectivity index (χ1) is 9.68. The number of fused-ring (bicyclic) bond motifs is 1. The summed E-state index contributed by atoms with van der Waals surface area (Å²) in [7, 11) is 0. The maximum atomic E-state index is 12.2. The standard InChI is InChI=1S/C16H19NO3/c18-14-9-3-5-11(14)6-4-10-17-15(19)12-7-1-2-8-13(12)16(17)20/h1-2,7-8,11,14,18H,3-6,9-10H2/t11-,14-/m0/s1. The molecule has 1 aliphatic heterocycles. The molecule has 0 spiro atoms. The third-order valence-electron chi connectivity index (χ3n) is 4.45. The number of rotatable bonds is 4. The second-order valence-corrected chi connectivity index (χ2v) is 5.71. The molecule has 1 aliphatic carbocycles. The molecule has 0 radical (unpaired) electrons. The lowest BCUT2D eigenvalue weighted by Crippen LogP contribution is -2.31. The molecule has 0 bridgehead atoms. The lowest BCUT2D eigenvalue weighted by atomic mass is 9.99. The molecule has 1 saturated carbocycles. The lowest BCUT2D eigenvalue weighted by molar-refractivity contribution is 0.0644. The molecule has 0 saturated heterocycles. The van der Waals surface area contributed by atoms with Crippen molar-refractivity contribution in [3.05, 3.63) is 35.4 Å². The fraction of sp³-hybridized carbons (Fsp3) is 0.500. The summed E-state index contributed by atoms with van der Waals surface area (Å²) in [5, 5.41) is 9.78. The molecule has 106 valence electrons. The molecule has 1 aromatic rings. The number of nitrogens with zero attached hydrogens (tertiary/aromatic N) is 1. The smallest absolute Gasteiger partial charge is 0.261 e. The van der Waals surface area contributed by atoms with Gasteiger partial charge in [-0.15, -0.1) is 0 Å². The maximum absolute atomic E-state index is 12.2. The Labute approximate surface area is 118 Å². The highest BCUT2D eigenvalue weighted by Crippen LogP contribution is 2.30. The largest absolute Gasteiger partial charge is 0.393 e. The molecular formula is C16H19NO3. The molecule has 20 heavy (non-hydrogen) atoms. The van der Waals surface area contributed by atoms with E-state index in [4.69, 9.17) is 0 Å². The van der Waals surface area contributed by atoms with Gasteiger partial charge in [0.2, 0.25) is 0 Å². The number of hydrogen-bond acceptors (Lipinski definition) is 3. The molecule has 0 aromatic heterocycles. The summed E-state index contributed by atoms with van der Waals surface area (Å²) >= 11 is 0. The molecule has 1 N–H and O–H groups in total. The fourth-order valence-electron chi connectivity index (χ4n) is 3.31. The van der Waals surface area contributed by atoms with E-state index in [2.05, 4.69) is 0 Å². The number of carbonyl (C=O) groups is 2. The minimum atomic E-state index is -0.197. The number of hydrogen-bond donors (Lipinski definition) is 1. The van der Waals surface area contributed by atoms with Crippen molar-refractivity contribution in [3.63, 3.8) is 0 Å². The highest BCUT2D eigenvalue weighted by Gasteiger charge is 2.35. The van der Waals surface area contributed by atoms with Crippen LogP contribution in [0, 0.1) is 5.92 Å². The molecule has 1 fully saturated rings. The van der Waals surface area contributed by atoms with E-state index in [0.717, 1.165) is 32.1 Å². The van der Waals surface area contributed by atoms with Crippen molar-refractivity contribution in [1.29, 1.82) is 0 Å². The second kappa shape index (κ2) is 5.37. The van der Waals surface area contributed by atoms with Gasteiger partial charge in [-0.1, -0.05) is 18.6 Å². The van der Waals surface area contributed by atoms with Crippen LogP contribution in [-0.4, -0.2) is 34.5 Å². The van der Waals surface area contributed by atoms with E-state index in [1.165, 1.54) is 4.90 Å². The van der Waals surface area contributed by atoms with Gasteiger partial charge in [0.15, 0.2) is 0 Å². The van der Waals surface area contributed by atoms with E-state index in [9.17, 15) is 14.7 Å². The van der Waals surface area contributed by atoms with Gasteiger partial charge in [0.25, 0.3) is 11.8 Å². The van der Waals surface area contributed by atoms with Gasteiger partial charge in [-0.05, 0) is 43.7 Å². The van der Waals surface area contributed by atoms with Crippen LogP contribution in [0.1, 0.15) is 52.8 Å². The quantitative estimate of drug-likeness (QED) is 0.856. The lowest BCUT2D eigenvalue weighted by Gasteiger charge is -2.17. The zero-order chi connectivity index (χ0) is 14.1. The van der Waals surface area contributed by atoms with Gasteiger partial charge in [-0.2, -0.15) is 0 Å². The Bertz CT molecular complexity index is 505. The van der Waals surface area contributed by atoms with Gasteiger partial charge in [0.1, 0.15) is 0 Å². The number of amides is 2. The monoisotopic (exact) mass is 273 g/mol. The van der Waals surface area contributed by atoms with Crippen LogP contribution in [0.3, 0.4) is 0 Å². The first kappa shape index (κ1) is 13.3. The molecule has 2 aliphatic rings. The summed E-state index contributed by atoms with van der Waals surface area (Å²) in [6, 6.07) is 6.97. The van der Waals surface area contributed by atoms with Crippen molar-refractivity contribution in [3.8, 4) is 0 Å². The highest BCUT2D eigenvalue weighted by molar-refractivity contribution is 6.21. The van der Waals surface area contributed by atoms with Crippen LogP contribution in [-0.2, 0) is 0 Å². The maximum Gasteiger partial charge on any atom is 0.261 e. The Balaban J connectivity index is 1.59. The molecule has 4 heteroatoms. The second-order valence-electron chi connectivity index (χ2n) is 5.71. The predicted molar refractivity (Wildman–Crippen MR) is 74.4 cm³/mol. The van der Waals surface area contributed by atoms with Crippen molar-refractivity contribution < 1.29 is 14.7 Å². The minimum absolute atomic E-state index is 0.183. The molecule has 2 atom stereocenters. The topological polar surface area (TPSA) is 57.6 Å². The van der Waals surface area contributed by atoms with E-state index in [-0.39, 0.29) is 17.9 Å². The first-order valence-corrected chi connectivity index (χ1v) is 7.32. The van der Waals surface area contributed by atoms with Crippen LogP contribution in [0.2, 0.25) is 0 Å². The Morgan fingerprint density at radius 3 is 2.30 bits per heavy atom. The van der Waals surface area contributed by atoms with Gasteiger partial charge in [-0.3, -0.25) is 14.5 Å². The molecule has 0 unspecified atom stereocenters. The normalized spacial score (nSPS) is 25.4. The minimum Gasteiger partial charge on any atom is -0.393 e. The average molecular weight is 273 g/mol. The molecule has 3 rings (SSSR count). The zero-order valence-electron chi connectivity index (χ0n) is 11.4. The van der Waals surface area contributed by atoms with Gasteiger partial charge < -0.3 is 5.11 Å². The summed E-state index contributed by atoms with van der Waals surface area (Å²) < 4.78 is 0. The van der Waals surface area contributed by atoms with E-state index in [1.54, 1.807) is 24.3 Å². The number of carbonyl (C=O) groups excluding carboxylic acids is 2. The van der Waals surface area contributed by atoms with Gasteiger partial charge in [-0.25, -0.2) is 0 Å². The van der Waals surface area contributed by atoms with Crippen LogP contribution < -0.4 is 0 Å². The van der Waals surface area contributed by atoms with Crippen LogP contribution in [0.15, 0.2) is 24.3 Å². The van der Waals surface area contributed by atoms with E-state index in [0.29, 0.717) is 23.6 Å². The predicted octanol–water partition coefficient (Wildman–Crippen LogP) is 2.22. The van der Waals surface area contributed by atoms with Crippen molar-refractivity contribution in [2.75, 3.05) is 6.54 Å². The third kappa shape index (κ3) is 2.24. The first-order valence-electron chi connectivity index (χ1n) is 7.32. The van der Waals surface area contributed by atoms with Crippen LogP contribution in [0.5, 0.6) is 0 Å². The molecule has 1 heterocycles. The van der Waals surface area contributed by atoms with Crippen molar-refractivity contribution in [2.45, 2.75) is 38.2 Å². The molecule has 1 aromatic carbocycles. The Morgan fingerprint density at radius 1 is 1.10 bits per heavy atom. The number of aliphatic hydroxyl groups excluding tert-OH is 1. The van der Waals surface area contributed by atoms with Gasteiger partial charge in [0, 0.05) is 6.54 Å². The van der Waals surface area contributed by atoms with Gasteiger partial charge in [0.05, 0.1) is 17.2 Å². The van der Waals surface area contributed by atoms with Crippen LogP contribution >= 0.6 is 0 Å². The number of benzene rings is 1. The van der Waals surface area contributed by atoms with Gasteiger partial charge >= 0.3 is 0 Å².